The molecule has 23 heteroatoms. The third-order valence-corrected chi connectivity index (χ3v) is 26.6. The minimum absolute atomic E-state index is 0.229. The van der Waals surface area contributed by atoms with E-state index in [1.165, 1.54) is 12.4 Å². The fourth-order valence-electron chi connectivity index (χ4n) is 8.97. The zero-order valence-electron chi connectivity index (χ0n) is 45.7. The third-order valence-electron chi connectivity index (χ3n) is 15.3. The minimum atomic E-state index is -4.84. The molecule has 4 heterocycles. The summed E-state index contributed by atoms with van der Waals surface area (Å²) < 4.78 is 77.9. The smallest absolute Gasteiger partial charge is 0.339 e. The predicted molar refractivity (Wildman–Crippen MR) is 292 cm³/mol. The maximum absolute atomic E-state index is 16.6. The number of aliphatic hydroxyl groups is 1. The molecule has 416 valence electrons. The number of ether oxygens (including phenoxy) is 5. The molecular formula is C54H72N5O15PSi2. The van der Waals surface area contributed by atoms with E-state index < -0.39 is 119 Å². The van der Waals surface area contributed by atoms with Crippen LogP contribution in [-0.2, 0) is 42.3 Å². The largest absolute Gasteiger partial charge is 0.497 e. The van der Waals surface area contributed by atoms with Gasteiger partial charge in [0.05, 0.1) is 46.5 Å². The number of aliphatic hydroxyl groups excluding tert-OH is 1. The Hall–Kier alpha value is -5.55. The number of nitrogens with one attached hydrogen (secondary N) is 2. The highest BCUT2D eigenvalue weighted by Gasteiger charge is 2.61. The molecule has 2 aliphatic heterocycles. The van der Waals surface area contributed by atoms with Crippen LogP contribution in [0.3, 0.4) is 0 Å². The summed E-state index contributed by atoms with van der Waals surface area (Å²) in [4.78, 5) is 56.8. The Morgan fingerprint density at radius 3 is 1.56 bits per heavy atom. The van der Waals surface area contributed by atoms with Crippen LogP contribution in [0.15, 0.2) is 123 Å². The van der Waals surface area contributed by atoms with Gasteiger partial charge in [-0.25, -0.2) is 9.59 Å². The Kier molecular flexibility index (Phi) is 18.0. The summed E-state index contributed by atoms with van der Waals surface area (Å²) in [5.41, 5.74) is -3.89. The number of rotatable bonds is 21. The van der Waals surface area contributed by atoms with Crippen LogP contribution in [0.1, 0.15) is 77.1 Å². The van der Waals surface area contributed by atoms with Gasteiger partial charge < -0.3 is 46.7 Å². The van der Waals surface area contributed by atoms with Crippen molar-refractivity contribution in [1.29, 1.82) is 5.26 Å². The highest BCUT2D eigenvalue weighted by Crippen LogP contribution is 2.62. The van der Waals surface area contributed by atoms with Crippen LogP contribution < -0.4 is 32.0 Å². The Balaban J connectivity index is 1.41. The van der Waals surface area contributed by atoms with Gasteiger partial charge in [0, 0.05) is 24.5 Å². The van der Waals surface area contributed by atoms with Gasteiger partial charge in [0.25, 0.3) is 11.1 Å². The number of aromatic nitrogens is 4. The molecule has 2 fully saturated rings. The average molecular weight is 1120 g/mol. The molecule has 9 atom stereocenters. The van der Waals surface area contributed by atoms with Crippen molar-refractivity contribution < 1.29 is 51.3 Å². The van der Waals surface area contributed by atoms with Crippen molar-refractivity contribution in [3.05, 3.63) is 162 Å². The number of aromatic amines is 2. The predicted octanol–water partition coefficient (Wildman–Crippen LogP) is 7.56. The van der Waals surface area contributed by atoms with E-state index in [0.717, 1.165) is 21.3 Å². The molecule has 0 amide bonds. The molecule has 3 aromatic carbocycles. The van der Waals surface area contributed by atoms with Crippen LogP contribution in [0.4, 0.5) is 0 Å². The molecule has 0 aliphatic carbocycles. The van der Waals surface area contributed by atoms with E-state index in [-0.39, 0.29) is 18.1 Å². The van der Waals surface area contributed by atoms with Gasteiger partial charge in [-0.05, 0) is 77.2 Å². The first-order valence-electron chi connectivity index (χ1n) is 25.4. The topological polar surface area (TPSA) is 254 Å². The molecule has 2 aliphatic rings. The molecule has 0 spiro atoms. The maximum atomic E-state index is 16.6. The van der Waals surface area contributed by atoms with Crippen molar-refractivity contribution in [2.75, 3.05) is 34.0 Å². The molecule has 2 saturated heterocycles. The molecule has 3 N–H and O–H groups in total. The summed E-state index contributed by atoms with van der Waals surface area (Å²) in [7, 11) is -7.47. The molecule has 2 aromatic heterocycles. The number of nitrogens with zero attached hydrogens (tertiary/aromatic N) is 3. The monoisotopic (exact) mass is 1120 g/mol. The lowest BCUT2D eigenvalue weighted by Gasteiger charge is -2.42. The van der Waals surface area contributed by atoms with Crippen LogP contribution in [0.5, 0.6) is 11.5 Å². The maximum Gasteiger partial charge on any atom is 0.339 e. The molecule has 7 rings (SSSR count). The molecule has 0 bridgehead atoms. The van der Waals surface area contributed by atoms with E-state index in [9.17, 15) is 29.5 Å². The van der Waals surface area contributed by atoms with Gasteiger partial charge in [0.2, 0.25) is 0 Å². The van der Waals surface area contributed by atoms with Crippen molar-refractivity contribution in [1.82, 2.24) is 19.1 Å². The second-order valence-electron chi connectivity index (χ2n) is 22.2. The summed E-state index contributed by atoms with van der Waals surface area (Å²) >= 11 is 0. The van der Waals surface area contributed by atoms with Crippen molar-refractivity contribution >= 4 is 24.2 Å². The fraction of sp³-hybridized carbons (Fsp3) is 0.500. The Labute approximate surface area is 449 Å². The summed E-state index contributed by atoms with van der Waals surface area (Å²) in [6.07, 6.45) is -7.12. The van der Waals surface area contributed by atoms with Crippen molar-refractivity contribution in [3.8, 4) is 17.6 Å². The van der Waals surface area contributed by atoms with Gasteiger partial charge in [-0.1, -0.05) is 96.1 Å². The highest BCUT2D eigenvalue weighted by molar-refractivity contribution is 7.54. The van der Waals surface area contributed by atoms with Crippen LogP contribution in [0, 0.1) is 11.3 Å². The van der Waals surface area contributed by atoms with Crippen molar-refractivity contribution in [2.45, 2.75) is 138 Å². The second kappa shape index (κ2) is 23.4. The number of methoxy groups -OCH3 is 2. The van der Waals surface area contributed by atoms with E-state index in [2.05, 4.69) is 9.97 Å². The number of hydrogen-bond acceptors (Lipinski definition) is 16. The Bertz CT molecular complexity index is 3100. The summed E-state index contributed by atoms with van der Waals surface area (Å²) in [5.74, 6) is 1.17. The first-order valence-corrected chi connectivity index (χ1v) is 32.8. The van der Waals surface area contributed by atoms with E-state index in [4.69, 9.17) is 41.6 Å². The number of hydrogen-bond donors (Lipinski definition) is 3. The number of nitriles is 1. The van der Waals surface area contributed by atoms with Gasteiger partial charge in [-0.3, -0.25) is 33.3 Å². The molecule has 0 saturated carbocycles. The number of benzene rings is 3. The lowest BCUT2D eigenvalue weighted by atomic mass is 9.80. The second-order valence-corrected chi connectivity index (χ2v) is 33.9. The minimum Gasteiger partial charge on any atom is -0.497 e. The molecule has 20 nitrogen and oxygen atoms in total. The van der Waals surface area contributed by atoms with Gasteiger partial charge in [0.15, 0.2) is 29.1 Å². The Morgan fingerprint density at radius 2 is 1.10 bits per heavy atom. The van der Waals surface area contributed by atoms with Crippen LogP contribution in [0.2, 0.25) is 36.3 Å². The van der Waals surface area contributed by atoms with Gasteiger partial charge >= 0.3 is 19.0 Å². The van der Waals surface area contributed by atoms with Crippen LogP contribution >= 0.6 is 7.60 Å². The van der Waals surface area contributed by atoms with Gasteiger partial charge in [-0.15, -0.1) is 0 Å². The summed E-state index contributed by atoms with van der Waals surface area (Å²) in [6.45, 7) is 18.5. The third kappa shape index (κ3) is 12.5. The van der Waals surface area contributed by atoms with Crippen LogP contribution in [0.25, 0.3) is 0 Å². The molecule has 0 radical (unpaired) electrons. The van der Waals surface area contributed by atoms with E-state index in [1.54, 1.807) is 38.5 Å². The van der Waals surface area contributed by atoms with Gasteiger partial charge in [0.1, 0.15) is 53.3 Å². The van der Waals surface area contributed by atoms with Gasteiger partial charge in [-0.2, -0.15) is 5.26 Å². The van der Waals surface area contributed by atoms with E-state index in [0.29, 0.717) is 28.2 Å². The number of H-pyrrole nitrogens is 2. The lowest BCUT2D eigenvalue weighted by Crippen LogP contribution is -2.50. The zero-order valence-corrected chi connectivity index (χ0v) is 48.6. The first-order chi connectivity index (χ1) is 36.2. The molecule has 5 aromatic rings. The van der Waals surface area contributed by atoms with Crippen LogP contribution in [-0.4, -0.2) is 111 Å². The van der Waals surface area contributed by atoms with Crippen molar-refractivity contribution in [2.24, 2.45) is 0 Å². The summed E-state index contributed by atoms with van der Waals surface area (Å²) in [6, 6.07) is 28.5. The summed E-state index contributed by atoms with van der Waals surface area (Å²) in [5, 5.41) is 21.3. The lowest BCUT2D eigenvalue weighted by molar-refractivity contribution is -0.0868. The quantitative estimate of drug-likeness (QED) is 0.0277. The molecule has 77 heavy (non-hydrogen) atoms. The van der Waals surface area contributed by atoms with E-state index in [1.807, 2.05) is 128 Å². The standard InChI is InChI=1S/C54H72N5O15PSi2/c1-52(2,3)76(9,10)73-45-44(62)40(71-48(45)58-30-27-42(60)56-50(58)63)34-70-75(65,69-32-16-29-55)47-41(72-49(59-31-28-43(61)57-51(59)64)46(47)74-77(11,12)53(4,5)6)33-68-54(35-17-14-13-15-18-35,36-19-23-38(66-7)24-20-36)37-21-25-39(67-8)26-22-37/h13-15,17-28,30-31,40-41,44-49,62H,16,32-34H2,1-12H3,(H,56,60,63)(H,57,61,64)/t40-,41-,44+,45-,46+,47+,48-,49-,75?/m1/s1. The average Bonchev–Trinajstić information content (AvgIpc) is 3.98. The highest BCUT2D eigenvalue weighted by atomic mass is 31.2. The molecule has 1 unspecified atom stereocenters. The first kappa shape index (κ1) is 59.1. The SMILES string of the molecule is COc1ccc(C(OC[C@H]2O[C@@H](n3ccc(=O)[nH]c3=O)[C@@H](O[Si](C)(C)C(C)(C)C)[C@H]2P(=O)(OCCC#N)OC[C@H]2O[C@@H](n3ccc(=O)[nH]c3=O)[C@H](O[Si](C)(C)C(C)(C)C)[C@H]2O)(c2ccccc2)c2ccc(OC)cc2)cc1. The Morgan fingerprint density at radius 1 is 0.649 bits per heavy atom. The van der Waals surface area contributed by atoms with Crippen molar-refractivity contribution in [3.63, 3.8) is 0 Å². The fourth-order valence-corrected chi connectivity index (χ4v) is 13.9. The van der Waals surface area contributed by atoms with E-state index >= 15 is 4.57 Å². The zero-order chi connectivity index (χ0) is 56.3. The normalized spacial score (nSPS) is 23.1. The molecular weight excluding hydrogens is 1050 g/mol.